The first-order chi connectivity index (χ1) is 10.7. The van der Waals surface area contributed by atoms with Gasteiger partial charge in [-0.05, 0) is 36.4 Å². The highest BCUT2D eigenvalue weighted by Gasteiger charge is 2.22. The van der Waals surface area contributed by atoms with E-state index in [-0.39, 0.29) is 5.92 Å². The molecule has 0 N–H and O–H groups in total. The van der Waals surface area contributed by atoms with E-state index in [0.717, 1.165) is 33.5 Å². The fourth-order valence-corrected chi connectivity index (χ4v) is 5.30. The standard InChI is InChI=1S/C16H10O3S3/c17-7-10-1-4-13(20-10)16(14-5-2-11(8-18)21-14)15-6-3-12(9-19)22-15/h1-9,16H. The van der Waals surface area contributed by atoms with Crippen LogP contribution in [-0.4, -0.2) is 18.9 Å². The van der Waals surface area contributed by atoms with Gasteiger partial charge in [-0.1, -0.05) is 0 Å². The fourth-order valence-electron chi connectivity index (χ4n) is 2.18. The smallest absolute Gasteiger partial charge is 0.160 e. The molecule has 3 nitrogen and oxygen atoms in total. The molecule has 0 fully saturated rings. The summed E-state index contributed by atoms with van der Waals surface area (Å²) in [7, 11) is 0. The van der Waals surface area contributed by atoms with Gasteiger partial charge in [-0.25, -0.2) is 0 Å². The molecule has 3 rings (SSSR count). The Kier molecular flexibility index (Phi) is 4.42. The van der Waals surface area contributed by atoms with Crippen molar-refractivity contribution in [1.29, 1.82) is 0 Å². The van der Waals surface area contributed by atoms with Crippen LogP contribution >= 0.6 is 34.0 Å². The molecule has 0 amide bonds. The number of carbonyl (C=O) groups excluding carboxylic acids is 3. The lowest BCUT2D eigenvalue weighted by molar-refractivity contribution is 0.111. The molecule has 3 aromatic rings. The number of hydrogen-bond donors (Lipinski definition) is 0. The van der Waals surface area contributed by atoms with E-state index in [2.05, 4.69) is 0 Å². The van der Waals surface area contributed by atoms with Gasteiger partial charge in [0.2, 0.25) is 0 Å². The maximum absolute atomic E-state index is 10.9. The zero-order chi connectivity index (χ0) is 15.5. The van der Waals surface area contributed by atoms with E-state index in [0.29, 0.717) is 14.6 Å². The molecule has 0 bridgehead atoms. The summed E-state index contributed by atoms with van der Waals surface area (Å²) in [5.41, 5.74) is 0. The van der Waals surface area contributed by atoms with Gasteiger partial charge in [-0.2, -0.15) is 0 Å². The van der Waals surface area contributed by atoms with Crippen molar-refractivity contribution in [3.63, 3.8) is 0 Å². The first-order valence-electron chi connectivity index (χ1n) is 6.40. The largest absolute Gasteiger partial charge is 0.297 e. The highest BCUT2D eigenvalue weighted by molar-refractivity contribution is 7.17. The summed E-state index contributed by atoms with van der Waals surface area (Å²) in [4.78, 5) is 37.9. The second-order valence-corrected chi connectivity index (χ2v) is 7.95. The molecule has 0 saturated heterocycles. The van der Waals surface area contributed by atoms with E-state index in [1.165, 1.54) is 34.0 Å². The SMILES string of the molecule is O=Cc1ccc(C(c2ccc(C=O)s2)c2ccc(C=O)s2)s1. The maximum Gasteiger partial charge on any atom is 0.160 e. The third-order valence-electron chi connectivity index (χ3n) is 3.14. The number of rotatable bonds is 6. The van der Waals surface area contributed by atoms with E-state index in [1.807, 2.05) is 18.2 Å². The molecule has 0 aliphatic heterocycles. The predicted molar refractivity (Wildman–Crippen MR) is 90.1 cm³/mol. The Labute approximate surface area is 138 Å². The summed E-state index contributed by atoms with van der Waals surface area (Å²) in [6.45, 7) is 0. The van der Waals surface area contributed by atoms with Gasteiger partial charge in [0.15, 0.2) is 18.9 Å². The van der Waals surface area contributed by atoms with Gasteiger partial charge in [0.1, 0.15) is 0 Å². The van der Waals surface area contributed by atoms with Crippen molar-refractivity contribution in [3.05, 3.63) is 65.7 Å². The van der Waals surface area contributed by atoms with Crippen LogP contribution in [0.2, 0.25) is 0 Å². The highest BCUT2D eigenvalue weighted by atomic mass is 32.1. The van der Waals surface area contributed by atoms with E-state index in [9.17, 15) is 14.4 Å². The predicted octanol–water partition coefficient (Wildman–Crippen LogP) is 4.49. The van der Waals surface area contributed by atoms with Crippen LogP contribution in [0, 0.1) is 0 Å². The van der Waals surface area contributed by atoms with Crippen molar-refractivity contribution in [2.45, 2.75) is 5.92 Å². The van der Waals surface area contributed by atoms with E-state index < -0.39 is 0 Å². The molecule has 0 spiro atoms. The van der Waals surface area contributed by atoms with Gasteiger partial charge < -0.3 is 0 Å². The van der Waals surface area contributed by atoms with Crippen molar-refractivity contribution >= 4 is 52.9 Å². The Hall–Kier alpha value is -1.89. The summed E-state index contributed by atoms with van der Waals surface area (Å²) < 4.78 is 0. The minimum atomic E-state index is -0.0453. The average Bonchev–Trinajstić information content (AvgIpc) is 3.28. The molecule has 0 saturated carbocycles. The first-order valence-corrected chi connectivity index (χ1v) is 8.85. The highest BCUT2D eigenvalue weighted by Crippen LogP contribution is 2.41. The Morgan fingerprint density at radius 1 is 0.591 bits per heavy atom. The Bertz CT molecular complexity index is 715. The summed E-state index contributed by atoms with van der Waals surface area (Å²) in [5.74, 6) is -0.0453. The van der Waals surface area contributed by atoms with Crippen molar-refractivity contribution in [1.82, 2.24) is 0 Å². The van der Waals surface area contributed by atoms with Crippen LogP contribution in [0.3, 0.4) is 0 Å². The summed E-state index contributed by atoms with van der Waals surface area (Å²) in [6.07, 6.45) is 2.51. The molecule has 22 heavy (non-hydrogen) atoms. The fraction of sp³-hybridized carbons (Fsp3) is 0.0625. The third kappa shape index (κ3) is 2.85. The van der Waals surface area contributed by atoms with Crippen molar-refractivity contribution in [2.24, 2.45) is 0 Å². The Morgan fingerprint density at radius 2 is 0.909 bits per heavy atom. The number of thiophene rings is 3. The van der Waals surface area contributed by atoms with Crippen LogP contribution in [0.25, 0.3) is 0 Å². The summed E-state index contributed by atoms with van der Waals surface area (Å²) >= 11 is 4.30. The molecule has 0 aromatic carbocycles. The van der Waals surface area contributed by atoms with E-state index in [1.54, 1.807) is 18.2 Å². The molecule has 3 aromatic heterocycles. The minimum Gasteiger partial charge on any atom is -0.297 e. The lowest BCUT2D eigenvalue weighted by Crippen LogP contribution is -1.95. The molecule has 6 heteroatoms. The molecule has 0 radical (unpaired) electrons. The monoisotopic (exact) mass is 346 g/mol. The average molecular weight is 346 g/mol. The topological polar surface area (TPSA) is 51.2 Å². The van der Waals surface area contributed by atoms with Gasteiger partial charge >= 0.3 is 0 Å². The van der Waals surface area contributed by atoms with Crippen LogP contribution < -0.4 is 0 Å². The van der Waals surface area contributed by atoms with Gasteiger partial charge in [-0.3, -0.25) is 14.4 Å². The van der Waals surface area contributed by atoms with Crippen LogP contribution in [-0.2, 0) is 0 Å². The molecule has 0 atom stereocenters. The maximum atomic E-state index is 10.9. The van der Waals surface area contributed by atoms with Crippen LogP contribution in [0.5, 0.6) is 0 Å². The minimum absolute atomic E-state index is 0.0453. The van der Waals surface area contributed by atoms with E-state index >= 15 is 0 Å². The first kappa shape index (κ1) is 15.0. The Morgan fingerprint density at radius 3 is 1.14 bits per heavy atom. The van der Waals surface area contributed by atoms with Crippen molar-refractivity contribution in [3.8, 4) is 0 Å². The molecule has 110 valence electrons. The summed E-state index contributed by atoms with van der Waals surface area (Å²) in [6, 6.07) is 11.2. The number of carbonyl (C=O) groups is 3. The van der Waals surface area contributed by atoms with E-state index in [4.69, 9.17) is 0 Å². The van der Waals surface area contributed by atoms with Crippen LogP contribution in [0.1, 0.15) is 49.6 Å². The molecule has 0 unspecified atom stereocenters. The van der Waals surface area contributed by atoms with Gasteiger partial charge in [-0.15, -0.1) is 34.0 Å². The van der Waals surface area contributed by atoms with Crippen molar-refractivity contribution < 1.29 is 14.4 Å². The van der Waals surface area contributed by atoms with Gasteiger partial charge in [0.05, 0.1) is 20.5 Å². The number of aldehydes is 3. The second kappa shape index (κ2) is 6.48. The van der Waals surface area contributed by atoms with Crippen LogP contribution in [0.4, 0.5) is 0 Å². The molecule has 0 aliphatic carbocycles. The Balaban J connectivity index is 2.09. The second-order valence-electron chi connectivity index (χ2n) is 4.51. The van der Waals surface area contributed by atoms with Crippen LogP contribution in [0.15, 0.2) is 36.4 Å². The molecular weight excluding hydrogens is 336 g/mol. The lowest BCUT2D eigenvalue weighted by Gasteiger charge is -2.11. The summed E-state index contributed by atoms with van der Waals surface area (Å²) in [5, 5.41) is 0. The third-order valence-corrected chi connectivity index (χ3v) is 6.37. The van der Waals surface area contributed by atoms with Gasteiger partial charge in [0, 0.05) is 14.6 Å². The molecule has 3 heterocycles. The molecule has 0 aliphatic rings. The van der Waals surface area contributed by atoms with Crippen molar-refractivity contribution in [2.75, 3.05) is 0 Å². The van der Waals surface area contributed by atoms with Gasteiger partial charge in [0.25, 0.3) is 0 Å². The zero-order valence-electron chi connectivity index (χ0n) is 11.2. The quantitative estimate of drug-likeness (QED) is 0.618. The normalized spacial score (nSPS) is 10.8. The molecular formula is C16H10O3S3. The zero-order valence-corrected chi connectivity index (χ0v) is 13.7. The number of hydrogen-bond acceptors (Lipinski definition) is 6. The lowest BCUT2D eigenvalue weighted by atomic mass is 10.0.